The lowest BCUT2D eigenvalue weighted by molar-refractivity contribution is 0.130. The molecule has 4 nitrogen and oxygen atoms in total. The molecule has 0 amide bonds. The quantitative estimate of drug-likeness (QED) is 0.788. The summed E-state index contributed by atoms with van der Waals surface area (Å²) in [5.41, 5.74) is 1.42. The van der Waals surface area contributed by atoms with Crippen LogP contribution in [0.25, 0.3) is 5.69 Å². The van der Waals surface area contributed by atoms with Gasteiger partial charge in [-0.2, -0.15) is 0 Å². The van der Waals surface area contributed by atoms with E-state index in [0.717, 1.165) is 0 Å². The third-order valence-electron chi connectivity index (χ3n) is 2.68. The molecular weight excluding hydrogens is 211 g/mol. The van der Waals surface area contributed by atoms with Gasteiger partial charge in [-0.25, -0.2) is 4.39 Å². The number of hydrogen-bond acceptors (Lipinski definition) is 2. The molecule has 0 atom stereocenters. The Balaban J connectivity index is 2.25. The summed E-state index contributed by atoms with van der Waals surface area (Å²) in [6.45, 7) is 0.633. The van der Waals surface area contributed by atoms with E-state index < -0.39 is 0 Å². The maximum atomic E-state index is 13.6. The molecule has 0 bridgehead atoms. The van der Waals surface area contributed by atoms with Gasteiger partial charge in [0.25, 0.3) is 5.56 Å². The number of H-pyrrole nitrogens is 1. The smallest absolute Gasteiger partial charge is 0.270 e. The first-order chi connectivity index (χ1) is 7.77. The van der Waals surface area contributed by atoms with E-state index in [1.165, 1.54) is 10.7 Å². The molecule has 1 aromatic carbocycles. The molecular formula is C11H9FN2O2. The molecule has 0 radical (unpaired) electrons. The van der Waals surface area contributed by atoms with Crippen molar-refractivity contribution in [2.45, 2.75) is 13.2 Å². The molecule has 0 saturated heterocycles. The fourth-order valence-corrected chi connectivity index (χ4v) is 1.89. The second kappa shape index (κ2) is 3.31. The van der Waals surface area contributed by atoms with Crippen molar-refractivity contribution >= 4 is 0 Å². The van der Waals surface area contributed by atoms with Crippen LogP contribution in [-0.4, -0.2) is 9.78 Å². The van der Waals surface area contributed by atoms with Gasteiger partial charge in [-0.3, -0.25) is 14.6 Å². The van der Waals surface area contributed by atoms with Gasteiger partial charge in [-0.1, -0.05) is 12.1 Å². The van der Waals surface area contributed by atoms with Gasteiger partial charge in [0.05, 0.1) is 30.2 Å². The summed E-state index contributed by atoms with van der Waals surface area (Å²) >= 11 is 0. The van der Waals surface area contributed by atoms with Crippen molar-refractivity contribution in [2.75, 3.05) is 0 Å². The largest absolute Gasteiger partial charge is 0.370 e. The number of halogens is 1. The summed E-state index contributed by atoms with van der Waals surface area (Å²) in [4.78, 5) is 11.5. The summed E-state index contributed by atoms with van der Waals surface area (Å²) < 4.78 is 20.2. The van der Waals surface area contributed by atoms with Crippen molar-refractivity contribution in [2.24, 2.45) is 0 Å². The van der Waals surface area contributed by atoms with Crippen LogP contribution in [-0.2, 0) is 18.0 Å². The normalized spacial score (nSPS) is 14.1. The Bertz CT molecular complexity index is 600. The number of aromatic nitrogens is 2. The molecule has 1 aliphatic heterocycles. The van der Waals surface area contributed by atoms with Crippen LogP contribution in [0.5, 0.6) is 0 Å². The van der Waals surface area contributed by atoms with Crippen molar-refractivity contribution in [3.05, 3.63) is 51.7 Å². The molecule has 0 aliphatic carbocycles. The number of benzene rings is 1. The highest BCUT2D eigenvalue weighted by molar-refractivity contribution is 5.36. The molecule has 0 unspecified atom stereocenters. The molecule has 2 heterocycles. The van der Waals surface area contributed by atoms with Gasteiger partial charge in [0.2, 0.25) is 0 Å². The first-order valence-electron chi connectivity index (χ1n) is 4.93. The van der Waals surface area contributed by atoms with Crippen LogP contribution < -0.4 is 5.56 Å². The lowest BCUT2D eigenvalue weighted by Crippen LogP contribution is -2.09. The molecule has 0 fully saturated rings. The van der Waals surface area contributed by atoms with E-state index >= 15 is 0 Å². The van der Waals surface area contributed by atoms with Crippen LogP contribution in [0.2, 0.25) is 0 Å². The Morgan fingerprint density at radius 2 is 2.12 bits per heavy atom. The van der Waals surface area contributed by atoms with Crippen LogP contribution in [0.15, 0.2) is 29.1 Å². The SMILES string of the molecule is O=c1[nH]n(-c2ccccc2F)c2c1COC2. The Kier molecular flexibility index (Phi) is 1.94. The third-order valence-corrected chi connectivity index (χ3v) is 2.68. The van der Waals surface area contributed by atoms with Crippen molar-refractivity contribution in [3.63, 3.8) is 0 Å². The van der Waals surface area contributed by atoms with Crippen molar-refractivity contribution in [3.8, 4) is 5.69 Å². The van der Waals surface area contributed by atoms with Crippen molar-refractivity contribution < 1.29 is 9.13 Å². The van der Waals surface area contributed by atoms with Crippen LogP contribution in [0.3, 0.4) is 0 Å². The molecule has 0 spiro atoms. The minimum absolute atomic E-state index is 0.212. The predicted octanol–water partition coefficient (Wildman–Crippen LogP) is 1.33. The maximum absolute atomic E-state index is 13.6. The average Bonchev–Trinajstić information content (AvgIpc) is 2.84. The zero-order chi connectivity index (χ0) is 11.1. The molecule has 5 heteroatoms. The van der Waals surface area contributed by atoms with Gasteiger partial charge in [0.1, 0.15) is 5.82 Å². The highest BCUT2D eigenvalue weighted by atomic mass is 19.1. The lowest BCUT2D eigenvalue weighted by Gasteiger charge is -2.06. The Labute approximate surface area is 90.3 Å². The van der Waals surface area contributed by atoms with E-state index in [1.54, 1.807) is 18.2 Å². The highest BCUT2D eigenvalue weighted by Crippen LogP contribution is 2.20. The van der Waals surface area contributed by atoms with E-state index in [1.807, 2.05) is 0 Å². The van der Waals surface area contributed by atoms with Gasteiger partial charge in [0.15, 0.2) is 0 Å². The van der Waals surface area contributed by atoms with Gasteiger partial charge in [-0.05, 0) is 12.1 Å². The number of rotatable bonds is 1. The van der Waals surface area contributed by atoms with Crippen molar-refractivity contribution in [1.29, 1.82) is 0 Å². The van der Waals surface area contributed by atoms with E-state index in [0.29, 0.717) is 30.2 Å². The predicted molar refractivity (Wildman–Crippen MR) is 54.8 cm³/mol. The fourth-order valence-electron chi connectivity index (χ4n) is 1.89. The summed E-state index contributed by atoms with van der Waals surface area (Å²) in [5, 5.41) is 2.61. The average molecular weight is 220 g/mol. The number of nitrogens with one attached hydrogen (secondary N) is 1. The summed E-state index contributed by atoms with van der Waals surface area (Å²) in [7, 11) is 0. The second-order valence-electron chi connectivity index (χ2n) is 3.65. The molecule has 0 saturated carbocycles. The second-order valence-corrected chi connectivity index (χ2v) is 3.65. The van der Waals surface area contributed by atoms with Crippen LogP contribution in [0, 0.1) is 5.82 Å². The molecule has 1 aliphatic rings. The molecule has 1 aromatic heterocycles. The van der Waals surface area contributed by atoms with E-state index in [2.05, 4.69) is 5.10 Å². The van der Waals surface area contributed by atoms with Gasteiger partial charge in [-0.15, -0.1) is 0 Å². The third kappa shape index (κ3) is 1.22. The zero-order valence-corrected chi connectivity index (χ0v) is 8.37. The maximum Gasteiger partial charge on any atom is 0.270 e. The van der Waals surface area contributed by atoms with Crippen LogP contribution in [0.4, 0.5) is 4.39 Å². The number of nitrogens with zero attached hydrogens (tertiary/aromatic N) is 1. The molecule has 1 N–H and O–H groups in total. The van der Waals surface area contributed by atoms with Gasteiger partial charge in [0, 0.05) is 0 Å². The monoisotopic (exact) mass is 220 g/mol. The topological polar surface area (TPSA) is 47.0 Å². The lowest BCUT2D eigenvalue weighted by atomic mass is 10.2. The summed E-state index contributed by atoms with van der Waals surface area (Å²) in [6, 6.07) is 6.30. The van der Waals surface area contributed by atoms with E-state index in [4.69, 9.17) is 4.74 Å². The van der Waals surface area contributed by atoms with Gasteiger partial charge < -0.3 is 4.74 Å². The Hall–Kier alpha value is -1.88. The number of ether oxygens (including phenoxy) is 1. The minimum Gasteiger partial charge on any atom is -0.370 e. The first-order valence-corrected chi connectivity index (χ1v) is 4.93. The summed E-state index contributed by atoms with van der Waals surface area (Å²) in [5.74, 6) is -0.372. The van der Waals surface area contributed by atoms with E-state index in [9.17, 15) is 9.18 Å². The molecule has 3 rings (SSSR count). The number of hydrogen-bond donors (Lipinski definition) is 1. The standard InChI is InChI=1S/C11H9FN2O2/c12-8-3-1-2-4-9(8)14-10-6-16-5-7(10)11(15)13-14/h1-4H,5-6H2,(H,13,15). The molecule has 16 heavy (non-hydrogen) atoms. The Morgan fingerprint density at radius 1 is 1.31 bits per heavy atom. The number of para-hydroxylation sites is 1. The number of aromatic amines is 1. The highest BCUT2D eigenvalue weighted by Gasteiger charge is 2.22. The number of fused-ring (bicyclic) bond motifs is 1. The fraction of sp³-hybridized carbons (Fsp3) is 0.182. The Morgan fingerprint density at radius 3 is 2.94 bits per heavy atom. The minimum atomic E-state index is -0.372. The van der Waals surface area contributed by atoms with Crippen molar-refractivity contribution in [1.82, 2.24) is 9.78 Å². The van der Waals surface area contributed by atoms with Crippen LogP contribution >= 0.6 is 0 Å². The molecule has 82 valence electrons. The summed E-state index contributed by atoms with van der Waals surface area (Å²) in [6.07, 6.45) is 0. The van der Waals surface area contributed by atoms with Gasteiger partial charge >= 0.3 is 0 Å². The van der Waals surface area contributed by atoms with Crippen LogP contribution in [0.1, 0.15) is 11.3 Å². The van der Waals surface area contributed by atoms with E-state index in [-0.39, 0.29) is 11.4 Å². The first kappa shape index (κ1) is 9.35. The zero-order valence-electron chi connectivity index (χ0n) is 8.37. The molecule has 2 aromatic rings.